The van der Waals surface area contributed by atoms with Crippen LogP contribution < -0.4 is 10.1 Å². The molecule has 98 valence electrons. The smallest absolute Gasteiger partial charge is 0.312 e. The lowest BCUT2D eigenvalue weighted by molar-refractivity contribution is -0.139. The van der Waals surface area contributed by atoms with Crippen LogP contribution in [0.3, 0.4) is 0 Å². The summed E-state index contributed by atoms with van der Waals surface area (Å²) in [7, 11) is 0. The summed E-state index contributed by atoms with van der Waals surface area (Å²) in [5.41, 5.74) is 0.490. The van der Waals surface area contributed by atoms with Crippen molar-refractivity contribution in [1.82, 2.24) is 0 Å². The minimum Gasteiger partial charge on any atom is -0.491 e. The van der Waals surface area contributed by atoms with Gasteiger partial charge in [0.05, 0.1) is 12.3 Å². The number of carboxylic acids is 1. The minimum absolute atomic E-state index is 0.368. The summed E-state index contributed by atoms with van der Waals surface area (Å²) in [6.45, 7) is 4.57. The molecule has 5 nitrogen and oxygen atoms in total. The molecular weight excluding hydrogens is 234 g/mol. The Balaban J connectivity index is 2.69. The van der Waals surface area contributed by atoms with Crippen molar-refractivity contribution < 1.29 is 19.4 Å². The van der Waals surface area contributed by atoms with E-state index in [1.807, 2.05) is 13.8 Å². The molecule has 0 aliphatic carbocycles. The van der Waals surface area contributed by atoms with Crippen LogP contribution in [0.5, 0.6) is 5.75 Å². The van der Waals surface area contributed by atoms with E-state index in [2.05, 4.69) is 5.32 Å². The van der Waals surface area contributed by atoms with E-state index in [0.29, 0.717) is 24.0 Å². The van der Waals surface area contributed by atoms with Crippen LogP contribution in [0.25, 0.3) is 0 Å². The van der Waals surface area contributed by atoms with Crippen LogP contribution >= 0.6 is 0 Å². The molecule has 0 bridgehead atoms. The van der Waals surface area contributed by atoms with Gasteiger partial charge in [0.25, 0.3) is 0 Å². The molecule has 0 aliphatic rings. The zero-order valence-electron chi connectivity index (χ0n) is 10.5. The van der Waals surface area contributed by atoms with Crippen LogP contribution in [0.15, 0.2) is 24.3 Å². The lowest BCUT2D eigenvalue weighted by Gasteiger charge is -2.13. The molecular formula is C13H17NO4. The fourth-order valence-corrected chi connectivity index (χ4v) is 1.28. The fraction of sp³-hybridized carbons (Fsp3) is 0.385. The van der Waals surface area contributed by atoms with Crippen molar-refractivity contribution in [2.24, 2.45) is 5.92 Å². The Labute approximate surface area is 106 Å². The van der Waals surface area contributed by atoms with Crippen LogP contribution in [-0.4, -0.2) is 23.6 Å². The Morgan fingerprint density at radius 1 is 1.33 bits per heavy atom. The Hall–Kier alpha value is -2.04. The molecule has 1 amide bonds. The molecule has 0 unspecified atom stereocenters. The SMILES string of the molecule is CC(C)COc1ccccc1NC(=O)CC(=O)O. The third-order valence-electron chi connectivity index (χ3n) is 2.05. The van der Waals surface area contributed by atoms with Gasteiger partial charge >= 0.3 is 5.97 Å². The molecule has 1 aromatic carbocycles. The molecule has 1 aromatic rings. The van der Waals surface area contributed by atoms with Crippen LogP contribution in [-0.2, 0) is 9.59 Å². The molecule has 0 spiro atoms. The second kappa shape index (κ2) is 6.64. The summed E-state index contributed by atoms with van der Waals surface area (Å²) >= 11 is 0. The number of carbonyl (C=O) groups is 2. The monoisotopic (exact) mass is 251 g/mol. The minimum atomic E-state index is -1.16. The second-order valence-electron chi connectivity index (χ2n) is 4.32. The van der Waals surface area contributed by atoms with E-state index < -0.39 is 18.3 Å². The molecule has 0 aliphatic heterocycles. The number of carbonyl (C=O) groups excluding carboxylic acids is 1. The summed E-state index contributed by atoms with van der Waals surface area (Å²) in [4.78, 5) is 21.8. The summed E-state index contributed by atoms with van der Waals surface area (Å²) in [6.07, 6.45) is -0.557. The van der Waals surface area contributed by atoms with E-state index in [0.717, 1.165) is 0 Å². The van der Waals surface area contributed by atoms with Gasteiger partial charge in [-0.15, -0.1) is 0 Å². The number of para-hydroxylation sites is 2. The molecule has 2 N–H and O–H groups in total. The number of amides is 1. The molecule has 0 fully saturated rings. The summed E-state index contributed by atoms with van der Waals surface area (Å²) < 4.78 is 5.54. The van der Waals surface area contributed by atoms with Gasteiger partial charge in [0, 0.05) is 0 Å². The first-order valence-corrected chi connectivity index (χ1v) is 5.72. The number of carboxylic acid groups (broad SMARTS) is 1. The van der Waals surface area contributed by atoms with E-state index in [1.54, 1.807) is 24.3 Å². The van der Waals surface area contributed by atoms with Gasteiger partial charge in [-0.25, -0.2) is 0 Å². The number of aliphatic carboxylic acids is 1. The first-order chi connectivity index (χ1) is 8.49. The van der Waals surface area contributed by atoms with E-state index in [-0.39, 0.29) is 0 Å². The first-order valence-electron chi connectivity index (χ1n) is 5.72. The molecule has 0 atom stereocenters. The predicted octanol–water partition coefficient (Wildman–Crippen LogP) is 2.13. The number of hydrogen-bond acceptors (Lipinski definition) is 3. The molecule has 0 saturated heterocycles. The maximum atomic E-state index is 11.4. The van der Waals surface area contributed by atoms with Gasteiger partial charge in [0.15, 0.2) is 0 Å². The Morgan fingerprint density at radius 3 is 2.61 bits per heavy atom. The third-order valence-corrected chi connectivity index (χ3v) is 2.05. The Kier molecular flexibility index (Phi) is 5.17. The van der Waals surface area contributed by atoms with E-state index in [1.165, 1.54) is 0 Å². The van der Waals surface area contributed by atoms with Gasteiger partial charge in [-0.05, 0) is 18.1 Å². The highest BCUT2D eigenvalue weighted by Crippen LogP contribution is 2.24. The molecule has 18 heavy (non-hydrogen) atoms. The van der Waals surface area contributed by atoms with Gasteiger partial charge in [0.2, 0.25) is 5.91 Å². The van der Waals surface area contributed by atoms with Crippen molar-refractivity contribution in [3.8, 4) is 5.75 Å². The molecule has 1 rings (SSSR count). The number of ether oxygens (including phenoxy) is 1. The molecule has 0 saturated carbocycles. The van der Waals surface area contributed by atoms with Crippen molar-refractivity contribution in [3.63, 3.8) is 0 Å². The normalized spacial score (nSPS) is 10.2. The first kappa shape index (κ1) is 14.0. The maximum Gasteiger partial charge on any atom is 0.312 e. The van der Waals surface area contributed by atoms with Crippen LogP contribution in [0.1, 0.15) is 20.3 Å². The van der Waals surface area contributed by atoms with Crippen molar-refractivity contribution >= 4 is 17.6 Å². The number of rotatable bonds is 6. The van der Waals surface area contributed by atoms with Crippen molar-refractivity contribution in [1.29, 1.82) is 0 Å². The van der Waals surface area contributed by atoms with Crippen LogP contribution in [0, 0.1) is 5.92 Å². The number of anilines is 1. The Bertz CT molecular complexity index is 429. The quantitative estimate of drug-likeness (QED) is 0.759. The fourth-order valence-electron chi connectivity index (χ4n) is 1.28. The van der Waals surface area contributed by atoms with Gasteiger partial charge < -0.3 is 15.2 Å². The van der Waals surface area contributed by atoms with Crippen molar-refractivity contribution in [3.05, 3.63) is 24.3 Å². The zero-order chi connectivity index (χ0) is 13.5. The van der Waals surface area contributed by atoms with Gasteiger partial charge in [-0.1, -0.05) is 26.0 Å². The lowest BCUT2D eigenvalue weighted by atomic mass is 10.2. The van der Waals surface area contributed by atoms with Crippen LogP contribution in [0.4, 0.5) is 5.69 Å². The summed E-state index contributed by atoms with van der Waals surface area (Å²) in [5, 5.41) is 11.0. The van der Waals surface area contributed by atoms with Gasteiger partial charge in [-0.2, -0.15) is 0 Å². The summed E-state index contributed by atoms with van der Waals surface area (Å²) in [5.74, 6) is -0.811. The number of nitrogens with one attached hydrogen (secondary N) is 1. The standard InChI is InChI=1S/C13H17NO4/c1-9(2)8-18-11-6-4-3-5-10(11)14-12(15)7-13(16)17/h3-6,9H,7-8H2,1-2H3,(H,14,15)(H,16,17). The van der Waals surface area contributed by atoms with E-state index >= 15 is 0 Å². The number of benzene rings is 1. The third kappa shape index (κ3) is 4.86. The highest BCUT2D eigenvalue weighted by molar-refractivity contribution is 6.02. The Morgan fingerprint density at radius 2 is 2.00 bits per heavy atom. The highest BCUT2D eigenvalue weighted by Gasteiger charge is 2.11. The maximum absolute atomic E-state index is 11.4. The average Bonchev–Trinajstić information content (AvgIpc) is 2.26. The topological polar surface area (TPSA) is 75.6 Å². The number of hydrogen-bond donors (Lipinski definition) is 2. The zero-order valence-corrected chi connectivity index (χ0v) is 10.5. The molecule has 5 heteroatoms. The van der Waals surface area contributed by atoms with E-state index in [4.69, 9.17) is 9.84 Å². The van der Waals surface area contributed by atoms with Crippen molar-refractivity contribution in [2.75, 3.05) is 11.9 Å². The molecule has 0 heterocycles. The largest absolute Gasteiger partial charge is 0.491 e. The lowest BCUT2D eigenvalue weighted by Crippen LogP contribution is -2.17. The van der Waals surface area contributed by atoms with Crippen LogP contribution in [0.2, 0.25) is 0 Å². The molecule has 0 radical (unpaired) electrons. The summed E-state index contributed by atoms with van der Waals surface area (Å²) in [6, 6.07) is 6.95. The highest BCUT2D eigenvalue weighted by atomic mass is 16.5. The van der Waals surface area contributed by atoms with E-state index in [9.17, 15) is 9.59 Å². The van der Waals surface area contributed by atoms with Gasteiger partial charge in [0.1, 0.15) is 12.2 Å². The molecule has 0 aromatic heterocycles. The van der Waals surface area contributed by atoms with Gasteiger partial charge in [-0.3, -0.25) is 9.59 Å². The second-order valence-corrected chi connectivity index (χ2v) is 4.32. The van der Waals surface area contributed by atoms with Crippen molar-refractivity contribution in [2.45, 2.75) is 20.3 Å². The average molecular weight is 251 g/mol. The predicted molar refractivity (Wildman–Crippen MR) is 67.7 cm³/mol.